The molecule has 10 heteroatoms. The van der Waals surface area contributed by atoms with Gasteiger partial charge in [-0.1, -0.05) is 41.9 Å². The third-order valence-electron chi connectivity index (χ3n) is 6.08. The van der Waals surface area contributed by atoms with Gasteiger partial charge in [-0.05, 0) is 63.5 Å². The maximum atomic E-state index is 14.5. The molecule has 0 atom stereocenters. The first-order valence-electron chi connectivity index (χ1n) is 11.8. The van der Waals surface area contributed by atoms with Crippen molar-refractivity contribution in [3.8, 4) is 11.5 Å². The van der Waals surface area contributed by atoms with Crippen LogP contribution in [0.25, 0.3) is 5.65 Å². The highest BCUT2D eigenvalue weighted by atomic mass is 79.9. The first kappa shape index (κ1) is 25.9. The van der Waals surface area contributed by atoms with Gasteiger partial charge in [0, 0.05) is 30.1 Å². The Morgan fingerprint density at radius 3 is 2.05 bits per heavy atom. The Labute approximate surface area is 232 Å². The average molecular weight is 597 g/mol. The first-order chi connectivity index (χ1) is 18.4. The molecular weight excluding hydrogens is 573 g/mol. The molecule has 2 heterocycles. The molecule has 0 amide bonds. The van der Waals surface area contributed by atoms with Crippen molar-refractivity contribution in [1.82, 2.24) is 19.6 Å². The van der Waals surface area contributed by atoms with Gasteiger partial charge in [0.15, 0.2) is 17.3 Å². The van der Waals surface area contributed by atoms with Crippen LogP contribution in [0.3, 0.4) is 0 Å². The van der Waals surface area contributed by atoms with Gasteiger partial charge in [-0.25, -0.2) is 18.9 Å². The Morgan fingerprint density at radius 1 is 0.895 bits per heavy atom. The fraction of sp³-hybridized carbons (Fsp3) is 0.179. The highest BCUT2D eigenvalue weighted by Gasteiger charge is 2.20. The summed E-state index contributed by atoms with van der Waals surface area (Å²) in [5, 5.41) is 4.94. The molecule has 2 aromatic heterocycles. The average Bonchev–Trinajstić information content (AvgIpc) is 3.33. The number of nitrogens with zero attached hydrogens (tertiary/aromatic N) is 5. The number of aromatic nitrogens is 4. The number of ether oxygens (including phenoxy) is 2. The molecular formula is C28H24BrClFN5O2. The molecule has 0 spiro atoms. The van der Waals surface area contributed by atoms with Crippen LogP contribution in [0.1, 0.15) is 22.5 Å². The minimum absolute atomic E-state index is 0.154. The van der Waals surface area contributed by atoms with E-state index in [1.165, 1.54) is 6.07 Å². The second-order valence-electron chi connectivity index (χ2n) is 8.61. The highest BCUT2D eigenvalue weighted by molar-refractivity contribution is 9.10. The van der Waals surface area contributed by atoms with E-state index in [0.717, 1.165) is 22.6 Å². The van der Waals surface area contributed by atoms with Gasteiger partial charge in [0.05, 0.1) is 20.4 Å². The Morgan fingerprint density at radius 2 is 1.50 bits per heavy atom. The fourth-order valence-corrected chi connectivity index (χ4v) is 4.74. The number of methoxy groups -OCH3 is 2. The van der Waals surface area contributed by atoms with Crippen LogP contribution >= 0.6 is 27.5 Å². The van der Waals surface area contributed by atoms with Crippen LogP contribution < -0.4 is 14.4 Å². The number of benzene rings is 3. The van der Waals surface area contributed by atoms with Crippen LogP contribution in [0.5, 0.6) is 11.5 Å². The molecule has 0 saturated heterocycles. The van der Waals surface area contributed by atoms with E-state index in [2.05, 4.69) is 25.9 Å². The summed E-state index contributed by atoms with van der Waals surface area (Å²) in [5.74, 6) is 2.24. The normalized spacial score (nSPS) is 11.1. The zero-order chi connectivity index (χ0) is 26.6. The number of fused-ring (bicyclic) bond motifs is 1. The van der Waals surface area contributed by atoms with E-state index in [9.17, 15) is 4.39 Å². The predicted molar refractivity (Wildman–Crippen MR) is 149 cm³/mol. The van der Waals surface area contributed by atoms with Crippen LogP contribution in [-0.4, -0.2) is 33.8 Å². The lowest BCUT2D eigenvalue weighted by Gasteiger charge is -2.24. The van der Waals surface area contributed by atoms with Gasteiger partial charge < -0.3 is 14.4 Å². The second-order valence-corrected chi connectivity index (χ2v) is 9.83. The molecule has 0 fully saturated rings. The molecule has 3 aromatic carbocycles. The van der Waals surface area contributed by atoms with Crippen molar-refractivity contribution in [3.63, 3.8) is 0 Å². The van der Waals surface area contributed by atoms with Crippen LogP contribution in [0, 0.1) is 5.82 Å². The molecule has 0 bridgehead atoms. The number of hydrogen-bond donors (Lipinski definition) is 0. The Kier molecular flexibility index (Phi) is 7.76. The number of halogens is 3. The van der Waals surface area contributed by atoms with Gasteiger partial charge in [0.1, 0.15) is 21.9 Å². The SMILES string of the molecule is COc1ccc(CN(Cc2ccc(OC)cc2)c2nc(Br)cn3nc(Cc4c(F)cccc4Cl)nc23)cc1. The van der Waals surface area contributed by atoms with E-state index in [-0.39, 0.29) is 6.42 Å². The van der Waals surface area contributed by atoms with Gasteiger partial charge in [0.25, 0.3) is 0 Å². The smallest absolute Gasteiger partial charge is 0.198 e. The van der Waals surface area contributed by atoms with E-state index in [1.54, 1.807) is 37.1 Å². The Bertz CT molecular complexity index is 1490. The molecule has 0 N–H and O–H groups in total. The number of hydrogen-bond acceptors (Lipinski definition) is 6. The van der Waals surface area contributed by atoms with Crippen molar-refractivity contribution in [1.29, 1.82) is 0 Å². The van der Waals surface area contributed by atoms with Crippen LogP contribution in [0.4, 0.5) is 10.2 Å². The van der Waals surface area contributed by atoms with E-state index >= 15 is 0 Å². The van der Waals surface area contributed by atoms with E-state index in [0.29, 0.717) is 45.6 Å². The summed E-state index contributed by atoms with van der Waals surface area (Å²) in [6.45, 7) is 1.10. The summed E-state index contributed by atoms with van der Waals surface area (Å²) >= 11 is 9.78. The van der Waals surface area contributed by atoms with E-state index in [1.807, 2.05) is 48.5 Å². The van der Waals surface area contributed by atoms with Crippen molar-refractivity contribution in [2.75, 3.05) is 19.1 Å². The quantitative estimate of drug-likeness (QED) is 0.194. The molecule has 5 rings (SSSR count). The van der Waals surface area contributed by atoms with E-state index < -0.39 is 5.82 Å². The van der Waals surface area contributed by atoms with Gasteiger partial charge in [-0.3, -0.25) is 0 Å². The largest absolute Gasteiger partial charge is 0.497 e. The predicted octanol–water partition coefficient (Wildman–Crippen LogP) is 6.49. The highest BCUT2D eigenvalue weighted by Crippen LogP contribution is 2.27. The summed E-state index contributed by atoms with van der Waals surface area (Å²) in [7, 11) is 3.29. The fourth-order valence-electron chi connectivity index (χ4n) is 4.15. The molecule has 5 aromatic rings. The number of anilines is 1. The maximum absolute atomic E-state index is 14.5. The van der Waals surface area contributed by atoms with Crippen molar-refractivity contribution in [3.05, 3.63) is 111 Å². The lowest BCUT2D eigenvalue weighted by molar-refractivity contribution is 0.414. The first-order valence-corrected chi connectivity index (χ1v) is 13.0. The molecule has 194 valence electrons. The Hall–Kier alpha value is -3.69. The number of rotatable bonds is 9. The minimum atomic E-state index is -0.392. The van der Waals surface area contributed by atoms with Crippen molar-refractivity contribution in [2.45, 2.75) is 19.5 Å². The second kappa shape index (κ2) is 11.4. The van der Waals surface area contributed by atoms with Gasteiger partial charge in [0.2, 0.25) is 0 Å². The lowest BCUT2D eigenvalue weighted by atomic mass is 10.1. The third-order valence-corrected chi connectivity index (χ3v) is 6.81. The zero-order valence-electron chi connectivity index (χ0n) is 20.7. The van der Waals surface area contributed by atoms with Crippen molar-refractivity contribution >= 4 is 39.0 Å². The maximum Gasteiger partial charge on any atom is 0.198 e. The van der Waals surface area contributed by atoms with Crippen molar-refractivity contribution < 1.29 is 13.9 Å². The molecule has 0 aliphatic heterocycles. The zero-order valence-corrected chi connectivity index (χ0v) is 23.1. The lowest BCUT2D eigenvalue weighted by Crippen LogP contribution is -2.24. The molecule has 0 aliphatic rings. The van der Waals surface area contributed by atoms with Crippen LogP contribution in [0.15, 0.2) is 77.5 Å². The van der Waals surface area contributed by atoms with Gasteiger partial charge in [-0.2, -0.15) is 5.10 Å². The topological polar surface area (TPSA) is 64.8 Å². The molecule has 0 unspecified atom stereocenters. The molecule has 0 saturated carbocycles. The summed E-state index contributed by atoms with van der Waals surface area (Å²) in [5.41, 5.74) is 3.04. The monoisotopic (exact) mass is 595 g/mol. The van der Waals surface area contributed by atoms with Crippen molar-refractivity contribution in [2.24, 2.45) is 0 Å². The molecule has 7 nitrogen and oxygen atoms in total. The van der Waals surface area contributed by atoms with Gasteiger partial charge in [-0.15, -0.1) is 0 Å². The summed E-state index contributed by atoms with van der Waals surface area (Å²) < 4.78 is 27.3. The minimum Gasteiger partial charge on any atom is -0.497 e. The van der Waals surface area contributed by atoms with Crippen LogP contribution in [-0.2, 0) is 19.5 Å². The Balaban J connectivity index is 1.55. The summed E-state index contributed by atoms with van der Waals surface area (Å²) in [6, 6.07) is 20.4. The van der Waals surface area contributed by atoms with E-state index in [4.69, 9.17) is 31.0 Å². The van der Waals surface area contributed by atoms with Gasteiger partial charge >= 0.3 is 0 Å². The third kappa shape index (κ3) is 5.74. The molecule has 0 radical (unpaired) electrons. The standard InChI is InChI=1S/C28H24BrClFN5O2/c1-37-20-10-6-18(7-11-20)15-35(16-19-8-12-21(38-2)13-9-19)27-28-33-26(34-36(28)17-25(29)32-27)14-22-23(30)4-3-5-24(22)31/h3-13,17H,14-16H2,1-2H3. The summed E-state index contributed by atoms with van der Waals surface area (Å²) in [6.07, 6.45) is 1.89. The molecule has 0 aliphatic carbocycles. The van der Waals surface area contributed by atoms with Crippen LogP contribution in [0.2, 0.25) is 5.02 Å². The molecule has 38 heavy (non-hydrogen) atoms. The summed E-state index contributed by atoms with van der Waals surface area (Å²) in [4.78, 5) is 11.7.